The Morgan fingerprint density at radius 2 is 1.12 bits per heavy atom. The normalized spacial score (nSPS) is 14.7. The van der Waals surface area contributed by atoms with Crippen LogP contribution in [-0.4, -0.2) is 24.6 Å². The van der Waals surface area contributed by atoms with Crippen molar-refractivity contribution in [1.82, 2.24) is 0 Å². The van der Waals surface area contributed by atoms with Crippen molar-refractivity contribution in [3.63, 3.8) is 0 Å². The molecule has 0 rings (SSSR count). The first-order chi connectivity index (χ1) is 7.54. The van der Waals surface area contributed by atoms with E-state index in [0.29, 0.717) is 0 Å². The fourth-order valence-electron chi connectivity index (χ4n) is 2.43. The summed E-state index contributed by atoms with van der Waals surface area (Å²) < 4.78 is 15.1. The molecule has 0 aromatic rings. The third kappa shape index (κ3) is 5.13. The zero-order chi connectivity index (χ0) is 12.5. The van der Waals surface area contributed by atoms with Gasteiger partial charge in [0.2, 0.25) is 0 Å². The van der Waals surface area contributed by atoms with Crippen LogP contribution in [0.1, 0.15) is 66.2 Å². The molecule has 0 aromatic carbocycles. The maximum absolute atomic E-state index is 15.1. The number of hydrogen-bond donors (Lipinski definition) is 0. The van der Waals surface area contributed by atoms with E-state index in [1.807, 2.05) is 0 Å². The molecule has 0 aromatic heterocycles. The monoisotopic (exact) mass is 250 g/mol. The average Bonchev–Trinajstić information content (AvgIpc) is 2.34. The zero-order valence-electron chi connectivity index (χ0n) is 11.9. The molecule has 0 nitrogen and oxygen atoms in total. The Morgan fingerprint density at radius 3 is 1.56 bits per heavy atom. The van der Waals surface area contributed by atoms with E-state index in [1.165, 1.54) is 32.1 Å². The summed E-state index contributed by atoms with van der Waals surface area (Å²) in [6.45, 7) is 5.65. The van der Waals surface area contributed by atoms with Crippen molar-refractivity contribution in [2.45, 2.75) is 66.2 Å². The molecule has 0 unspecified atom stereocenters. The van der Waals surface area contributed by atoms with Crippen molar-refractivity contribution >= 4 is 6.91 Å². The van der Waals surface area contributed by atoms with Crippen molar-refractivity contribution in [3.8, 4) is 0 Å². The Balaban J connectivity index is 3.87. The van der Waals surface area contributed by atoms with Crippen LogP contribution in [0.3, 0.4) is 0 Å². The molecular formula is C14H32FP. The van der Waals surface area contributed by atoms with Crippen LogP contribution in [0.15, 0.2) is 0 Å². The average molecular weight is 250 g/mol. The van der Waals surface area contributed by atoms with Crippen LogP contribution in [0, 0.1) is 0 Å². The number of hydrogen-bond acceptors (Lipinski definition) is 0. The molecule has 0 atom stereocenters. The van der Waals surface area contributed by atoms with Gasteiger partial charge in [0.05, 0.1) is 0 Å². The second kappa shape index (κ2) is 7.64. The van der Waals surface area contributed by atoms with E-state index in [0.717, 1.165) is 31.1 Å². The van der Waals surface area contributed by atoms with Gasteiger partial charge in [0.1, 0.15) is 0 Å². The minimum absolute atomic E-state index is 0.799. The minimum atomic E-state index is -2.76. The molecule has 0 saturated carbocycles. The van der Waals surface area contributed by atoms with Crippen molar-refractivity contribution in [2.24, 2.45) is 0 Å². The molecule has 0 amide bonds. The van der Waals surface area contributed by atoms with Crippen molar-refractivity contribution in [1.29, 1.82) is 0 Å². The topological polar surface area (TPSA) is 0 Å². The Kier molecular flexibility index (Phi) is 7.81. The Hall–Kier alpha value is 0.360. The SMILES string of the molecule is CCCCCCCCP(F)(CC)(CC)CC. The first-order valence-electron chi connectivity index (χ1n) is 7.26. The van der Waals surface area contributed by atoms with Gasteiger partial charge in [-0.3, -0.25) is 0 Å². The number of unbranched alkanes of at least 4 members (excludes halogenated alkanes) is 5. The van der Waals surface area contributed by atoms with Crippen LogP contribution in [0.2, 0.25) is 0 Å². The second-order valence-electron chi connectivity index (χ2n) is 5.26. The van der Waals surface area contributed by atoms with Gasteiger partial charge in [0.15, 0.2) is 0 Å². The van der Waals surface area contributed by atoms with E-state index in [-0.39, 0.29) is 0 Å². The first-order valence-corrected chi connectivity index (χ1v) is 10.1. The summed E-state index contributed by atoms with van der Waals surface area (Å²) in [5, 5.41) is 0. The molecule has 0 aliphatic carbocycles. The molecule has 2 heteroatoms. The van der Waals surface area contributed by atoms with Gasteiger partial charge in [-0.25, -0.2) is 0 Å². The van der Waals surface area contributed by atoms with Gasteiger partial charge in [-0.2, -0.15) is 0 Å². The van der Waals surface area contributed by atoms with E-state index < -0.39 is 6.91 Å². The van der Waals surface area contributed by atoms with Crippen molar-refractivity contribution < 1.29 is 4.20 Å². The number of halogens is 1. The predicted octanol–water partition coefficient (Wildman–Crippen LogP) is 5.84. The van der Waals surface area contributed by atoms with E-state index in [9.17, 15) is 0 Å². The summed E-state index contributed by atoms with van der Waals surface area (Å²) in [6, 6.07) is 0. The molecule has 0 bridgehead atoms. The van der Waals surface area contributed by atoms with Crippen LogP contribution < -0.4 is 0 Å². The van der Waals surface area contributed by atoms with Crippen molar-refractivity contribution in [3.05, 3.63) is 0 Å². The Bertz CT molecular complexity index is 165. The van der Waals surface area contributed by atoms with Gasteiger partial charge in [0, 0.05) is 0 Å². The zero-order valence-corrected chi connectivity index (χ0v) is 12.8. The summed E-state index contributed by atoms with van der Waals surface area (Å²) in [6.07, 6.45) is 10.9. The van der Waals surface area contributed by atoms with E-state index in [1.54, 1.807) is 0 Å². The Labute approximate surface area is 102 Å². The van der Waals surface area contributed by atoms with Gasteiger partial charge in [-0.15, -0.1) is 0 Å². The summed E-state index contributed by atoms with van der Waals surface area (Å²) in [5.41, 5.74) is 0. The van der Waals surface area contributed by atoms with Gasteiger partial charge in [0.25, 0.3) is 0 Å². The van der Waals surface area contributed by atoms with Crippen LogP contribution in [0.25, 0.3) is 0 Å². The molecule has 0 fully saturated rings. The molecule has 0 N–H and O–H groups in total. The van der Waals surface area contributed by atoms with E-state index in [4.69, 9.17) is 0 Å². The van der Waals surface area contributed by atoms with Gasteiger partial charge in [-0.1, -0.05) is 0 Å². The molecule has 0 aliphatic rings. The van der Waals surface area contributed by atoms with Crippen LogP contribution in [0.5, 0.6) is 0 Å². The summed E-state index contributed by atoms with van der Waals surface area (Å²) in [5.74, 6) is 0. The molecule has 0 aliphatic heterocycles. The first kappa shape index (κ1) is 16.4. The van der Waals surface area contributed by atoms with Gasteiger partial charge >= 0.3 is 102 Å². The second-order valence-corrected chi connectivity index (χ2v) is 11.2. The molecular weight excluding hydrogens is 218 g/mol. The molecule has 0 heterocycles. The molecule has 0 saturated heterocycles. The fraction of sp³-hybridized carbons (Fsp3) is 1.00. The van der Waals surface area contributed by atoms with Gasteiger partial charge < -0.3 is 0 Å². The maximum atomic E-state index is 15.1. The molecule has 16 heavy (non-hydrogen) atoms. The third-order valence-corrected chi connectivity index (χ3v) is 10.6. The molecule has 100 valence electrons. The standard InChI is InChI=1S/C14H32FP/c1-5-9-10-11-12-13-14-16(15,6-2,7-3)8-4/h5-14H2,1-4H3. The predicted molar refractivity (Wildman–Crippen MR) is 77.9 cm³/mol. The Morgan fingerprint density at radius 1 is 0.688 bits per heavy atom. The molecule has 0 spiro atoms. The van der Waals surface area contributed by atoms with Crippen LogP contribution in [-0.2, 0) is 0 Å². The quantitative estimate of drug-likeness (QED) is 0.337. The summed E-state index contributed by atoms with van der Waals surface area (Å²) >= 11 is 0. The van der Waals surface area contributed by atoms with E-state index in [2.05, 4.69) is 27.7 Å². The van der Waals surface area contributed by atoms with Crippen LogP contribution >= 0.6 is 6.91 Å². The third-order valence-electron chi connectivity index (χ3n) is 4.44. The summed E-state index contributed by atoms with van der Waals surface area (Å²) in [4.78, 5) is 0. The molecule has 0 radical (unpaired) electrons. The number of rotatable bonds is 10. The van der Waals surface area contributed by atoms with Gasteiger partial charge in [-0.05, 0) is 0 Å². The van der Waals surface area contributed by atoms with Crippen molar-refractivity contribution in [2.75, 3.05) is 24.6 Å². The van der Waals surface area contributed by atoms with E-state index >= 15 is 4.20 Å². The summed E-state index contributed by atoms with van der Waals surface area (Å²) in [7, 11) is 0. The van der Waals surface area contributed by atoms with Crippen LogP contribution in [0.4, 0.5) is 4.20 Å². The fourth-order valence-corrected chi connectivity index (χ4v) is 5.74.